The average Bonchev–Trinajstić information content (AvgIpc) is 2.34. The fourth-order valence-electron chi connectivity index (χ4n) is 1.52. The van der Waals surface area contributed by atoms with E-state index in [0.717, 1.165) is 18.7 Å². The van der Waals surface area contributed by atoms with Crippen LogP contribution in [0.1, 0.15) is 41.0 Å². The maximum Gasteiger partial charge on any atom is 0.283 e. The van der Waals surface area contributed by atoms with E-state index >= 15 is 0 Å². The van der Waals surface area contributed by atoms with Crippen molar-refractivity contribution in [2.75, 3.05) is 11.9 Å². The van der Waals surface area contributed by atoms with Crippen LogP contribution in [0.5, 0.6) is 0 Å². The van der Waals surface area contributed by atoms with Gasteiger partial charge in [0.2, 0.25) is 0 Å². The molecular weight excluding hydrogens is 306 g/mol. The topological polar surface area (TPSA) is 46.9 Å². The van der Waals surface area contributed by atoms with E-state index in [2.05, 4.69) is 61.0 Å². The molecule has 0 aliphatic heterocycles. The van der Waals surface area contributed by atoms with Crippen LogP contribution >= 0.6 is 15.9 Å². The van der Waals surface area contributed by atoms with Crippen LogP contribution in [-0.2, 0) is 6.54 Å². The van der Waals surface area contributed by atoms with Crippen LogP contribution in [0, 0.1) is 11.3 Å². The molecule has 4 nitrogen and oxygen atoms in total. The summed E-state index contributed by atoms with van der Waals surface area (Å²) < 4.78 is 2.07. The molecule has 5 heteroatoms. The molecule has 0 aromatic carbocycles. The highest BCUT2D eigenvalue weighted by atomic mass is 79.9. The lowest BCUT2D eigenvalue weighted by molar-refractivity contribution is 0.376. The predicted octanol–water partition coefficient (Wildman–Crippen LogP) is 3.51. The molecule has 0 unspecified atom stereocenters. The largest absolute Gasteiger partial charge is 0.382 e. The highest BCUT2D eigenvalue weighted by Gasteiger charge is 2.16. The number of halogens is 1. The van der Waals surface area contributed by atoms with Gasteiger partial charge in [0.05, 0.1) is 11.9 Å². The molecule has 0 aliphatic carbocycles. The number of nitrogens with zero attached hydrogens (tertiary/aromatic N) is 2. The maximum absolute atomic E-state index is 12.1. The highest BCUT2D eigenvalue weighted by molar-refractivity contribution is 9.10. The first-order valence-corrected chi connectivity index (χ1v) is 7.55. The van der Waals surface area contributed by atoms with Crippen molar-refractivity contribution in [2.24, 2.45) is 11.3 Å². The van der Waals surface area contributed by atoms with Gasteiger partial charge in [0.15, 0.2) is 0 Å². The van der Waals surface area contributed by atoms with Crippen molar-refractivity contribution in [1.82, 2.24) is 9.78 Å². The average molecular weight is 330 g/mol. The van der Waals surface area contributed by atoms with Crippen LogP contribution < -0.4 is 10.9 Å². The fourth-order valence-corrected chi connectivity index (χ4v) is 1.97. The number of aromatic nitrogens is 2. The number of rotatable bonds is 6. The van der Waals surface area contributed by atoms with Gasteiger partial charge in [0, 0.05) is 13.1 Å². The van der Waals surface area contributed by atoms with Crippen LogP contribution in [0.2, 0.25) is 0 Å². The van der Waals surface area contributed by atoms with Crippen molar-refractivity contribution < 1.29 is 0 Å². The standard InChI is InChI=1S/C14H24BrN3O/c1-6-14(4,5)9-16-11-7-17-18(8-10(2)3)13(19)12(11)15/h7,10,16H,6,8-9H2,1-5H3. The molecule has 0 amide bonds. The Kier molecular flexibility index (Phi) is 5.59. The van der Waals surface area contributed by atoms with Crippen LogP contribution in [0.25, 0.3) is 0 Å². The third kappa shape index (κ3) is 4.64. The summed E-state index contributed by atoms with van der Waals surface area (Å²) in [6, 6.07) is 0. The van der Waals surface area contributed by atoms with Crippen LogP contribution in [0.3, 0.4) is 0 Å². The molecule has 108 valence electrons. The summed E-state index contributed by atoms with van der Waals surface area (Å²) in [5.74, 6) is 0.398. The van der Waals surface area contributed by atoms with Gasteiger partial charge in [-0.15, -0.1) is 0 Å². The zero-order valence-corrected chi connectivity index (χ0v) is 14.0. The summed E-state index contributed by atoms with van der Waals surface area (Å²) >= 11 is 3.37. The number of anilines is 1. The molecule has 0 fully saturated rings. The Bertz CT molecular complexity index is 480. The van der Waals surface area contributed by atoms with Crippen molar-refractivity contribution in [1.29, 1.82) is 0 Å². The minimum absolute atomic E-state index is 0.0759. The second kappa shape index (κ2) is 6.55. The van der Waals surface area contributed by atoms with E-state index in [9.17, 15) is 4.79 Å². The normalized spacial score (nSPS) is 11.9. The molecule has 1 aromatic rings. The van der Waals surface area contributed by atoms with E-state index in [4.69, 9.17) is 0 Å². The Hall–Kier alpha value is -0.840. The van der Waals surface area contributed by atoms with Gasteiger partial charge in [-0.25, -0.2) is 4.68 Å². The molecule has 0 saturated carbocycles. The van der Waals surface area contributed by atoms with Gasteiger partial charge in [-0.1, -0.05) is 34.6 Å². The van der Waals surface area contributed by atoms with Gasteiger partial charge in [-0.2, -0.15) is 5.10 Å². The van der Waals surface area contributed by atoms with Crippen molar-refractivity contribution in [3.63, 3.8) is 0 Å². The lowest BCUT2D eigenvalue weighted by Gasteiger charge is -2.23. The molecule has 1 N–H and O–H groups in total. The summed E-state index contributed by atoms with van der Waals surface area (Å²) in [7, 11) is 0. The van der Waals surface area contributed by atoms with Gasteiger partial charge < -0.3 is 5.32 Å². The van der Waals surface area contributed by atoms with E-state index in [-0.39, 0.29) is 11.0 Å². The Morgan fingerprint density at radius 2 is 2.11 bits per heavy atom. The molecular formula is C14H24BrN3O. The predicted molar refractivity (Wildman–Crippen MR) is 83.6 cm³/mol. The van der Waals surface area contributed by atoms with E-state index < -0.39 is 0 Å². The SMILES string of the molecule is CCC(C)(C)CNc1cnn(CC(C)C)c(=O)c1Br. The van der Waals surface area contributed by atoms with Gasteiger partial charge in [-0.05, 0) is 33.7 Å². The fraction of sp³-hybridized carbons (Fsp3) is 0.714. The van der Waals surface area contributed by atoms with E-state index in [0.29, 0.717) is 16.9 Å². The molecule has 0 atom stereocenters. The molecule has 0 spiro atoms. The summed E-state index contributed by atoms with van der Waals surface area (Å²) in [6.07, 6.45) is 2.80. The summed E-state index contributed by atoms with van der Waals surface area (Å²) in [6.45, 7) is 12.1. The lowest BCUT2D eigenvalue weighted by Crippen LogP contribution is -2.28. The molecule has 0 saturated heterocycles. The monoisotopic (exact) mass is 329 g/mol. The first kappa shape index (κ1) is 16.2. The molecule has 1 rings (SSSR count). The van der Waals surface area contributed by atoms with Crippen LogP contribution in [0.15, 0.2) is 15.5 Å². The van der Waals surface area contributed by atoms with Crippen LogP contribution in [0.4, 0.5) is 5.69 Å². The smallest absolute Gasteiger partial charge is 0.283 e. The summed E-state index contributed by atoms with van der Waals surface area (Å²) in [5.41, 5.74) is 0.895. The Morgan fingerprint density at radius 1 is 1.47 bits per heavy atom. The Labute approximate surface area is 123 Å². The first-order chi connectivity index (χ1) is 8.76. The van der Waals surface area contributed by atoms with Gasteiger partial charge >= 0.3 is 0 Å². The Morgan fingerprint density at radius 3 is 2.63 bits per heavy atom. The summed E-state index contributed by atoms with van der Waals surface area (Å²) in [4.78, 5) is 12.1. The minimum Gasteiger partial charge on any atom is -0.382 e. The maximum atomic E-state index is 12.1. The second-order valence-corrected chi connectivity index (χ2v) is 6.92. The van der Waals surface area contributed by atoms with Crippen LogP contribution in [-0.4, -0.2) is 16.3 Å². The second-order valence-electron chi connectivity index (χ2n) is 6.12. The van der Waals surface area contributed by atoms with Crippen molar-refractivity contribution in [3.8, 4) is 0 Å². The van der Waals surface area contributed by atoms with Gasteiger partial charge in [0.25, 0.3) is 5.56 Å². The summed E-state index contributed by atoms with van der Waals surface area (Å²) in [5, 5.41) is 7.52. The van der Waals surface area contributed by atoms with Crippen molar-refractivity contribution >= 4 is 21.6 Å². The zero-order chi connectivity index (χ0) is 14.6. The number of hydrogen-bond acceptors (Lipinski definition) is 3. The molecule has 0 bridgehead atoms. The number of nitrogens with one attached hydrogen (secondary N) is 1. The lowest BCUT2D eigenvalue weighted by atomic mass is 9.90. The quantitative estimate of drug-likeness (QED) is 0.868. The first-order valence-electron chi connectivity index (χ1n) is 6.76. The molecule has 0 aliphatic rings. The molecule has 0 radical (unpaired) electrons. The Balaban J connectivity index is 2.88. The third-order valence-corrected chi connectivity index (χ3v) is 4.00. The van der Waals surface area contributed by atoms with E-state index in [1.165, 1.54) is 4.68 Å². The van der Waals surface area contributed by atoms with E-state index in [1.807, 2.05) is 0 Å². The highest BCUT2D eigenvalue weighted by Crippen LogP contribution is 2.22. The third-order valence-electron chi connectivity index (χ3n) is 3.24. The molecule has 1 aromatic heterocycles. The minimum atomic E-state index is -0.0759. The van der Waals surface area contributed by atoms with Gasteiger partial charge in [-0.3, -0.25) is 4.79 Å². The molecule has 19 heavy (non-hydrogen) atoms. The number of hydrogen-bond donors (Lipinski definition) is 1. The molecule has 1 heterocycles. The van der Waals surface area contributed by atoms with E-state index in [1.54, 1.807) is 6.20 Å². The van der Waals surface area contributed by atoms with Gasteiger partial charge in [0.1, 0.15) is 4.47 Å². The zero-order valence-electron chi connectivity index (χ0n) is 12.5. The van der Waals surface area contributed by atoms with Crippen molar-refractivity contribution in [2.45, 2.75) is 47.6 Å². The van der Waals surface area contributed by atoms with Crippen molar-refractivity contribution in [3.05, 3.63) is 21.0 Å².